The Kier molecular flexibility index (Phi) is 4.16. The number of fused-ring (bicyclic) bond motifs is 1. The zero-order valence-electron chi connectivity index (χ0n) is 17.5. The van der Waals surface area contributed by atoms with E-state index >= 15 is 0 Å². The van der Waals surface area contributed by atoms with Crippen LogP contribution >= 0.6 is 0 Å². The lowest BCUT2D eigenvalue weighted by Gasteiger charge is -2.11. The molecular weight excluding hydrogens is 390 g/mol. The minimum absolute atomic E-state index is 0.265. The molecule has 4 aromatic rings. The number of hydrogen-bond acceptors (Lipinski definition) is 6. The molecule has 0 aliphatic heterocycles. The summed E-state index contributed by atoms with van der Waals surface area (Å²) in [6, 6.07) is 11.6. The fourth-order valence-corrected chi connectivity index (χ4v) is 4.47. The van der Waals surface area contributed by atoms with E-state index in [0.717, 1.165) is 29.2 Å². The molecule has 1 aromatic carbocycles. The highest BCUT2D eigenvalue weighted by molar-refractivity contribution is 5.68. The summed E-state index contributed by atoms with van der Waals surface area (Å²) in [6.07, 6.45) is 9.15. The number of hydrogen-bond donors (Lipinski definition) is 0. The van der Waals surface area contributed by atoms with Crippen LogP contribution in [0.15, 0.2) is 48.9 Å². The maximum Gasteiger partial charge on any atom is 0.319 e. The number of aromatic nitrogens is 5. The van der Waals surface area contributed by atoms with Gasteiger partial charge in [0.05, 0.1) is 25.5 Å². The van der Waals surface area contributed by atoms with E-state index < -0.39 is 0 Å². The van der Waals surface area contributed by atoms with Crippen molar-refractivity contribution >= 4 is 5.65 Å². The zero-order chi connectivity index (χ0) is 20.9. The van der Waals surface area contributed by atoms with E-state index in [2.05, 4.69) is 45.3 Å². The fraction of sp³-hybridized carbons (Fsp3) is 0.333. The fourth-order valence-electron chi connectivity index (χ4n) is 4.47. The summed E-state index contributed by atoms with van der Waals surface area (Å²) in [5.74, 6) is 2.16. The molecule has 7 heteroatoms. The second-order valence-electron chi connectivity index (χ2n) is 8.35. The number of benzene rings is 1. The number of rotatable bonds is 6. The molecule has 0 bridgehead atoms. The lowest BCUT2D eigenvalue weighted by molar-refractivity contribution is 0.353. The Balaban J connectivity index is 1.37. The molecule has 2 aliphatic rings. The highest BCUT2D eigenvalue weighted by atomic mass is 16.5. The summed E-state index contributed by atoms with van der Waals surface area (Å²) < 4.78 is 12.4. The summed E-state index contributed by atoms with van der Waals surface area (Å²) >= 11 is 0. The Morgan fingerprint density at radius 1 is 0.968 bits per heavy atom. The first-order chi connectivity index (χ1) is 15.2. The van der Waals surface area contributed by atoms with Gasteiger partial charge in [-0.2, -0.15) is 10.1 Å². The van der Waals surface area contributed by atoms with Crippen LogP contribution in [0, 0.1) is 0 Å². The molecule has 31 heavy (non-hydrogen) atoms. The quantitative estimate of drug-likeness (QED) is 0.468. The van der Waals surface area contributed by atoms with Crippen LogP contribution in [-0.4, -0.2) is 38.8 Å². The van der Waals surface area contributed by atoms with Gasteiger partial charge in [-0.15, -0.1) is 0 Å². The SMILES string of the molecule is COc1ncc(-c2cc([C@H]3C[C@@H]3c3ccc(C4CC4)cc3)c3nccn3n2)c(OC)n1. The maximum absolute atomic E-state index is 5.48. The Morgan fingerprint density at radius 2 is 1.77 bits per heavy atom. The second-order valence-corrected chi connectivity index (χ2v) is 8.35. The largest absolute Gasteiger partial charge is 0.480 e. The van der Waals surface area contributed by atoms with E-state index in [0.29, 0.717) is 17.7 Å². The van der Waals surface area contributed by atoms with Gasteiger partial charge in [-0.3, -0.25) is 0 Å². The molecular formula is C24H23N5O2. The van der Waals surface area contributed by atoms with Crippen LogP contribution in [0.5, 0.6) is 11.9 Å². The van der Waals surface area contributed by atoms with Crippen molar-refractivity contribution in [2.24, 2.45) is 0 Å². The van der Waals surface area contributed by atoms with Gasteiger partial charge in [0.25, 0.3) is 0 Å². The summed E-state index contributed by atoms with van der Waals surface area (Å²) in [4.78, 5) is 13.1. The molecule has 7 nitrogen and oxygen atoms in total. The molecule has 2 saturated carbocycles. The molecule has 0 N–H and O–H groups in total. The standard InChI is InChI=1S/C24H23N5O2/c1-30-23-20(13-26-24(27-23)31-2)21-12-19(22-25-9-10-29(22)28-21)18-11-17(18)16-7-5-15(6-8-16)14-3-4-14/h5-10,12-14,17-18H,3-4,11H2,1-2H3/t17-,18+/m1/s1. The van der Waals surface area contributed by atoms with Crippen LogP contribution in [0.2, 0.25) is 0 Å². The summed E-state index contributed by atoms with van der Waals surface area (Å²) in [5.41, 5.74) is 6.47. The molecule has 6 rings (SSSR count). The molecule has 2 atom stereocenters. The van der Waals surface area contributed by atoms with Gasteiger partial charge >= 0.3 is 6.01 Å². The molecule has 156 valence electrons. The van der Waals surface area contributed by atoms with E-state index in [1.54, 1.807) is 19.5 Å². The Bertz CT molecular complexity index is 1260. The van der Waals surface area contributed by atoms with E-state index in [1.165, 1.54) is 36.6 Å². The number of imidazole rings is 1. The summed E-state index contributed by atoms with van der Waals surface area (Å²) in [5, 5.41) is 4.73. The molecule has 0 spiro atoms. The molecule has 3 heterocycles. The van der Waals surface area contributed by atoms with Gasteiger partial charge in [-0.05, 0) is 54.2 Å². The topological polar surface area (TPSA) is 74.4 Å². The van der Waals surface area contributed by atoms with E-state index in [-0.39, 0.29) is 6.01 Å². The third-order valence-electron chi connectivity index (χ3n) is 6.37. The second kappa shape index (κ2) is 7.04. The first-order valence-corrected chi connectivity index (χ1v) is 10.6. The van der Waals surface area contributed by atoms with E-state index in [9.17, 15) is 0 Å². The zero-order valence-corrected chi connectivity index (χ0v) is 17.5. The van der Waals surface area contributed by atoms with Crippen molar-refractivity contribution in [3.63, 3.8) is 0 Å². The smallest absolute Gasteiger partial charge is 0.319 e. The van der Waals surface area contributed by atoms with E-state index in [4.69, 9.17) is 14.6 Å². The highest BCUT2D eigenvalue weighted by Gasteiger charge is 2.41. The first-order valence-electron chi connectivity index (χ1n) is 10.6. The van der Waals surface area contributed by atoms with Gasteiger partial charge in [0, 0.05) is 24.2 Å². The number of nitrogens with zero attached hydrogens (tertiary/aromatic N) is 5. The van der Waals surface area contributed by atoms with Crippen molar-refractivity contribution in [2.75, 3.05) is 14.2 Å². The van der Waals surface area contributed by atoms with Crippen molar-refractivity contribution in [2.45, 2.75) is 37.0 Å². The normalized spacial score (nSPS) is 20.1. The Hall–Kier alpha value is -3.48. The van der Waals surface area contributed by atoms with Crippen molar-refractivity contribution in [1.82, 2.24) is 24.6 Å². The monoisotopic (exact) mass is 413 g/mol. The molecule has 2 aliphatic carbocycles. The lowest BCUT2D eigenvalue weighted by atomic mass is 10.0. The summed E-state index contributed by atoms with van der Waals surface area (Å²) in [6.45, 7) is 0. The number of methoxy groups -OCH3 is 2. The highest BCUT2D eigenvalue weighted by Crippen LogP contribution is 2.56. The predicted octanol–water partition coefficient (Wildman–Crippen LogP) is 4.35. The van der Waals surface area contributed by atoms with E-state index in [1.807, 2.05) is 10.7 Å². The lowest BCUT2D eigenvalue weighted by Crippen LogP contribution is -2.02. The van der Waals surface area contributed by atoms with Crippen molar-refractivity contribution in [3.8, 4) is 23.1 Å². The third kappa shape index (κ3) is 3.21. The van der Waals surface area contributed by atoms with Crippen LogP contribution in [-0.2, 0) is 0 Å². The minimum atomic E-state index is 0.265. The Morgan fingerprint density at radius 3 is 2.52 bits per heavy atom. The van der Waals surface area contributed by atoms with Crippen LogP contribution in [0.3, 0.4) is 0 Å². The van der Waals surface area contributed by atoms with Gasteiger partial charge in [-0.25, -0.2) is 14.5 Å². The van der Waals surface area contributed by atoms with Gasteiger partial charge in [0.15, 0.2) is 5.65 Å². The van der Waals surface area contributed by atoms with Gasteiger partial charge in [-0.1, -0.05) is 24.3 Å². The van der Waals surface area contributed by atoms with Crippen LogP contribution < -0.4 is 9.47 Å². The average Bonchev–Trinajstić information content (AvgIpc) is 3.75. The molecule has 3 aromatic heterocycles. The van der Waals surface area contributed by atoms with Crippen LogP contribution in [0.1, 0.15) is 53.7 Å². The van der Waals surface area contributed by atoms with Crippen molar-refractivity contribution in [3.05, 3.63) is 65.6 Å². The van der Waals surface area contributed by atoms with Crippen molar-refractivity contribution in [1.29, 1.82) is 0 Å². The van der Waals surface area contributed by atoms with Gasteiger partial charge in [0.2, 0.25) is 5.88 Å². The molecule has 2 fully saturated rings. The van der Waals surface area contributed by atoms with Gasteiger partial charge in [0.1, 0.15) is 0 Å². The first kappa shape index (κ1) is 18.3. The van der Waals surface area contributed by atoms with Crippen LogP contribution in [0.25, 0.3) is 16.9 Å². The maximum atomic E-state index is 5.48. The molecule has 0 radical (unpaired) electrons. The summed E-state index contributed by atoms with van der Waals surface area (Å²) in [7, 11) is 3.12. The van der Waals surface area contributed by atoms with Crippen LogP contribution in [0.4, 0.5) is 0 Å². The van der Waals surface area contributed by atoms with Crippen molar-refractivity contribution < 1.29 is 9.47 Å². The molecule has 0 saturated heterocycles. The molecule has 0 unspecified atom stereocenters. The predicted molar refractivity (Wildman–Crippen MR) is 116 cm³/mol. The Labute approximate surface area is 180 Å². The third-order valence-corrected chi connectivity index (χ3v) is 6.37. The minimum Gasteiger partial charge on any atom is -0.480 e. The number of ether oxygens (including phenoxy) is 2. The molecule has 0 amide bonds. The average molecular weight is 413 g/mol. The van der Waals surface area contributed by atoms with Gasteiger partial charge < -0.3 is 9.47 Å².